The number of pyridine rings is 1. The lowest BCUT2D eigenvalue weighted by atomic mass is 10.1. The van der Waals surface area contributed by atoms with Crippen LogP contribution in [-0.2, 0) is 11.2 Å². The van der Waals surface area contributed by atoms with Crippen molar-refractivity contribution < 1.29 is 9.59 Å². The van der Waals surface area contributed by atoms with Gasteiger partial charge < -0.3 is 15.0 Å². The minimum atomic E-state index is -0.474. The summed E-state index contributed by atoms with van der Waals surface area (Å²) in [5.74, 6) is 0.0710. The quantitative estimate of drug-likeness (QED) is 0.277. The van der Waals surface area contributed by atoms with Gasteiger partial charge in [0.15, 0.2) is 0 Å². The number of aromatic nitrogens is 2. The molecule has 0 fully saturated rings. The van der Waals surface area contributed by atoms with Gasteiger partial charge in [-0.05, 0) is 48.7 Å². The van der Waals surface area contributed by atoms with E-state index in [0.717, 1.165) is 50.7 Å². The Morgan fingerprint density at radius 1 is 0.780 bits per heavy atom. The molecule has 2 N–H and O–H groups in total. The number of nitrogens with zero attached hydrogens (tertiary/aromatic N) is 4. The number of fused-ring (bicyclic) bond motifs is 3. The van der Waals surface area contributed by atoms with E-state index >= 15 is 0 Å². The largest absolute Gasteiger partial charge is 0.351 e. The molecule has 206 valence electrons. The van der Waals surface area contributed by atoms with E-state index in [1.165, 1.54) is 5.56 Å². The van der Waals surface area contributed by atoms with Gasteiger partial charge in [-0.25, -0.2) is 9.78 Å². The summed E-state index contributed by atoms with van der Waals surface area (Å²) in [6.45, 7) is 4.11. The fourth-order valence-corrected chi connectivity index (χ4v) is 4.82. The van der Waals surface area contributed by atoms with Crippen molar-refractivity contribution in [1.29, 1.82) is 0 Å². The lowest BCUT2D eigenvalue weighted by molar-refractivity contribution is -0.128. The van der Waals surface area contributed by atoms with E-state index in [-0.39, 0.29) is 5.91 Å². The van der Waals surface area contributed by atoms with Crippen molar-refractivity contribution in [2.75, 3.05) is 19.0 Å². The Morgan fingerprint density at radius 3 is 1.90 bits per heavy atom. The van der Waals surface area contributed by atoms with Crippen LogP contribution in [0.3, 0.4) is 0 Å². The Bertz CT molecular complexity index is 1720. The number of likely N-dealkylation sites (N-methyl/N-ethyl adjacent to an activating group) is 1. The summed E-state index contributed by atoms with van der Waals surface area (Å²) in [5.41, 5.74) is 15.2. The van der Waals surface area contributed by atoms with Crippen LogP contribution in [0.1, 0.15) is 27.9 Å². The van der Waals surface area contributed by atoms with Gasteiger partial charge in [-0.15, -0.1) is 0 Å². The molecular formula is C34H33N5O2. The first-order valence-electron chi connectivity index (χ1n) is 13.4. The average molecular weight is 544 g/mol. The lowest BCUT2D eigenvalue weighted by Gasteiger charge is -2.22. The Morgan fingerprint density at radius 2 is 1.34 bits per heavy atom. The number of carbonyl (C=O) groups excluding carboxylic acids is 2. The van der Waals surface area contributed by atoms with Crippen molar-refractivity contribution in [3.05, 3.63) is 119 Å². The van der Waals surface area contributed by atoms with Crippen molar-refractivity contribution in [2.45, 2.75) is 20.3 Å². The van der Waals surface area contributed by atoms with Crippen LogP contribution in [0.2, 0.25) is 0 Å². The number of hydrogen-bond donors (Lipinski definition) is 1. The summed E-state index contributed by atoms with van der Waals surface area (Å²) in [6.07, 6.45) is 6.37. The van der Waals surface area contributed by atoms with Crippen LogP contribution in [-0.4, -0.2) is 40.3 Å². The molecule has 0 aliphatic carbocycles. The van der Waals surface area contributed by atoms with Crippen molar-refractivity contribution in [3.63, 3.8) is 0 Å². The standard InChI is InChI=1S/C19H21N3O.C15H12N2O/c1-13-5-8-15(9-6-13)19-16(11-18(23)21(3)4)22-12-14(2)7-10-17(22)20-19;16-15(18)17-13-7-3-1-5-11(13)9-10-12-6-2-4-8-14(12)17/h5-10,12H,11H2,1-4H3;1-10H,(H2,16,18). The highest BCUT2D eigenvalue weighted by Gasteiger charge is 2.21. The van der Waals surface area contributed by atoms with Crippen LogP contribution in [0.15, 0.2) is 91.1 Å². The Labute approximate surface area is 240 Å². The van der Waals surface area contributed by atoms with E-state index in [0.29, 0.717) is 6.42 Å². The van der Waals surface area contributed by atoms with Crippen LogP contribution in [0.4, 0.5) is 16.2 Å². The molecule has 0 radical (unpaired) electrons. The van der Waals surface area contributed by atoms with Gasteiger partial charge in [0.25, 0.3) is 0 Å². The Balaban J connectivity index is 0.000000169. The Hall–Kier alpha value is -5.17. The molecule has 3 aromatic carbocycles. The third-order valence-electron chi connectivity index (χ3n) is 7.03. The highest BCUT2D eigenvalue weighted by Crippen LogP contribution is 2.35. The normalized spacial score (nSPS) is 11.7. The first kappa shape index (κ1) is 27.4. The molecule has 1 aliphatic heterocycles. The highest BCUT2D eigenvalue weighted by atomic mass is 16.2. The van der Waals surface area contributed by atoms with E-state index in [2.05, 4.69) is 31.2 Å². The van der Waals surface area contributed by atoms with Crippen LogP contribution in [0, 0.1) is 13.8 Å². The van der Waals surface area contributed by atoms with Gasteiger partial charge in [-0.1, -0.05) is 84.4 Å². The number of nitrogens with two attached hydrogens (primary N) is 1. The molecule has 0 bridgehead atoms. The Kier molecular flexibility index (Phi) is 7.70. The summed E-state index contributed by atoms with van der Waals surface area (Å²) in [5, 5.41) is 0. The molecule has 5 aromatic rings. The molecule has 3 heterocycles. The SMILES string of the molecule is Cc1ccc(-c2nc3ccc(C)cn3c2CC(=O)N(C)C)cc1.NC(=O)N1c2ccccc2C=Cc2ccccc21. The van der Waals surface area contributed by atoms with Crippen LogP contribution >= 0.6 is 0 Å². The van der Waals surface area contributed by atoms with Gasteiger partial charge >= 0.3 is 6.03 Å². The van der Waals surface area contributed by atoms with E-state index in [4.69, 9.17) is 10.7 Å². The van der Waals surface area contributed by atoms with Crippen molar-refractivity contribution >= 4 is 41.1 Å². The fourth-order valence-electron chi connectivity index (χ4n) is 4.82. The number of aryl methyl sites for hydroxylation is 2. The van der Waals surface area contributed by atoms with Crippen LogP contribution < -0.4 is 10.6 Å². The van der Waals surface area contributed by atoms with Gasteiger partial charge in [0.2, 0.25) is 5.91 Å². The molecule has 3 amide bonds. The predicted molar refractivity (Wildman–Crippen MR) is 166 cm³/mol. The first-order valence-corrected chi connectivity index (χ1v) is 13.4. The molecule has 7 heteroatoms. The van der Waals surface area contributed by atoms with Crippen LogP contribution in [0.25, 0.3) is 29.1 Å². The molecule has 0 saturated heterocycles. The lowest BCUT2D eigenvalue weighted by Crippen LogP contribution is -2.32. The van der Waals surface area contributed by atoms with Gasteiger partial charge in [0.05, 0.1) is 29.2 Å². The predicted octanol–water partition coefficient (Wildman–Crippen LogP) is 6.64. The number of benzene rings is 3. The number of urea groups is 1. The molecule has 41 heavy (non-hydrogen) atoms. The number of anilines is 2. The molecule has 1 aliphatic rings. The zero-order chi connectivity index (χ0) is 29.1. The maximum Gasteiger partial charge on any atom is 0.323 e. The van der Waals surface area contributed by atoms with E-state index in [1.807, 2.05) is 90.3 Å². The smallest absolute Gasteiger partial charge is 0.323 e. The summed E-state index contributed by atoms with van der Waals surface area (Å²) in [4.78, 5) is 31.9. The number of hydrogen-bond acceptors (Lipinski definition) is 3. The molecule has 2 aromatic heterocycles. The second-order valence-corrected chi connectivity index (χ2v) is 10.3. The zero-order valence-corrected chi connectivity index (χ0v) is 23.7. The summed E-state index contributed by atoms with van der Waals surface area (Å²) in [6, 6.07) is 27.2. The fraction of sp³-hybridized carbons (Fsp3) is 0.147. The van der Waals surface area contributed by atoms with Gasteiger partial charge in [0, 0.05) is 25.9 Å². The summed E-state index contributed by atoms with van der Waals surface area (Å²) < 4.78 is 2.03. The minimum Gasteiger partial charge on any atom is -0.351 e. The van der Waals surface area contributed by atoms with Crippen molar-refractivity contribution in [1.82, 2.24) is 14.3 Å². The highest BCUT2D eigenvalue weighted by molar-refractivity contribution is 6.04. The number of para-hydroxylation sites is 2. The first-order chi connectivity index (χ1) is 19.7. The molecular weight excluding hydrogens is 510 g/mol. The molecule has 7 nitrogen and oxygen atoms in total. The maximum atomic E-state index is 12.3. The van der Waals surface area contributed by atoms with Gasteiger partial charge in [-0.2, -0.15) is 0 Å². The number of imidazole rings is 1. The average Bonchev–Trinajstić information content (AvgIpc) is 3.20. The van der Waals surface area contributed by atoms with Crippen molar-refractivity contribution in [2.24, 2.45) is 5.73 Å². The number of carbonyl (C=O) groups is 2. The topological polar surface area (TPSA) is 83.9 Å². The molecule has 0 atom stereocenters. The summed E-state index contributed by atoms with van der Waals surface area (Å²) in [7, 11) is 3.56. The second-order valence-electron chi connectivity index (χ2n) is 10.3. The molecule has 0 spiro atoms. The monoisotopic (exact) mass is 543 g/mol. The van der Waals surface area contributed by atoms with Gasteiger partial charge in [-0.3, -0.25) is 9.69 Å². The molecule has 0 unspecified atom stereocenters. The zero-order valence-electron chi connectivity index (χ0n) is 23.7. The third kappa shape index (κ3) is 5.75. The van der Waals surface area contributed by atoms with E-state index < -0.39 is 6.03 Å². The maximum absolute atomic E-state index is 12.3. The number of rotatable bonds is 3. The van der Waals surface area contributed by atoms with Gasteiger partial charge in [0.1, 0.15) is 5.65 Å². The summed E-state index contributed by atoms with van der Waals surface area (Å²) >= 11 is 0. The van der Waals surface area contributed by atoms with Crippen LogP contribution in [0.5, 0.6) is 0 Å². The van der Waals surface area contributed by atoms with E-state index in [1.54, 1.807) is 23.9 Å². The number of amides is 3. The molecule has 0 saturated carbocycles. The van der Waals surface area contributed by atoms with Crippen molar-refractivity contribution in [3.8, 4) is 11.3 Å². The van der Waals surface area contributed by atoms with E-state index in [9.17, 15) is 9.59 Å². The number of primary amides is 1. The molecule has 6 rings (SSSR count). The third-order valence-corrected chi connectivity index (χ3v) is 7.03. The second kappa shape index (κ2) is 11.5. The minimum absolute atomic E-state index is 0.0710.